The molecule has 124 valence electrons. The van der Waals surface area contributed by atoms with E-state index in [1.165, 1.54) is 11.9 Å². The Morgan fingerprint density at radius 1 is 1.26 bits per heavy atom. The van der Waals surface area contributed by atoms with Gasteiger partial charge in [-0.15, -0.1) is 0 Å². The highest BCUT2D eigenvalue weighted by molar-refractivity contribution is 6.01. The fraction of sp³-hybridized carbons (Fsp3) is 0.471. The Morgan fingerprint density at radius 3 is 2.35 bits per heavy atom. The summed E-state index contributed by atoms with van der Waals surface area (Å²) in [6.45, 7) is 5.85. The zero-order valence-electron chi connectivity index (χ0n) is 13.9. The molecule has 2 rings (SSSR count). The van der Waals surface area contributed by atoms with E-state index in [1.807, 2.05) is 32.9 Å². The number of hydrogen-bond acceptors (Lipinski definition) is 3. The van der Waals surface area contributed by atoms with Gasteiger partial charge < -0.3 is 14.9 Å². The number of aliphatic carboxylic acids is 1. The standard InChI is InChI=1S/C17H22N2O4/c1-10-5-11(2)16(12(3)6-10)19-8-13(7-14(19)20)17(23)18(4)9-15(21)22/h5-6,13H,7-9H2,1-4H3,(H,21,22). The van der Waals surface area contributed by atoms with Crippen LogP contribution in [0.3, 0.4) is 0 Å². The first-order valence-electron chi connectivity index (χ1n) is 7.55. The Hall–Kier alpha value is -2.37. The molecule has 1 N–H and O–H groups in total. The molecule has 1 saturated heterocycles. The molecule has 6 heteroatoms. The van der Waals surface area contributed by atoms with Crippen molar-refractivity contribution in [2.45, 2.75) is 27.2 Å². The number of aryl methyl sites for hydroxylation is 3. The van der Waals surface area contributed by atoms with Crippen molar-refractivity contribution in [2.24, 2.45) is 5.92 Å². The van der Waals surface area contributed by atoms with Crippen molar-refractivity contribution in [3.05, 3.63) is 28.8 Å². The quantitative estimate of drug-likeness (QED) is 0.913. The smallest absolute Gasteiger partial charge is 0.323 e. The fourth-order valence-electron chi connectivity index (χ4n) is 3.28. The second-order valence-electron chi connectivity index (χ2n) is 6.24. The van der Waals surface area contributed by atoms with E-state index in [0.717, 1.165) is 22.4 Å². The van der Waals surface area contributed by atoms with Crippen LogP contribution in [-0.4, -0.2) is 47.9 Å². The first-order chi connectivity index (χ1) is 10.7. The topological polar surface area (TPSA) is 77.9 Å². The van der Waals surface area contributed by atoms with Crippen LogP contribution in [0.4, 0.5) is 5.69 Å². The number of nitrogens with zero attached hydrogens (tertiary/aromatic N) is 2. The second-order valence-corrected chi connectivity index (χ2v) is 6.24. The van der Waals surface area contributed by atoms with E-state index in [4.69, 9.17) is 5.11 Å². The van der Waals surface area contributed by atoms with E-state index in [2.05, 4.69) is 0 Å². The molecular formula is C17H22N2O4. The van der Waals surface area contributed by atoms with Gasteiger partial charge >= 0.3 is 5.97 Å². The maximum atomic E-state index is 12.4. The first-order valence-corrected chi connectivity index (χ1v) is 7.55. The third kappa shape index (κ3) is 3.52. The zero-order valence-corrected chi connectivity index (χ0v) is 13.9. The van der Waals surface area contributed by atoms with E-state index >= 15 is 0 Å². The van der Waals surface area contributed by atoms with Gasteiger partial charge in [0.2, 0.25) is 11.8 Å². The summed E-state index contributed by atoms with van der Waals surface area (Å²) in [5, 5.41) is 8.79. The van der Waals surface area contributed by atoms with Gasteiger partial charge in [-0.1, -0.05) is 17.7 Å². The highest BCUT2D eigenvalue weighted by Crippen LogP contribution is 2.32. The highest BCUT2D eigenvalue weighted by atomic mass is 16.4. The molecule has 1 aromatic rings. The SMILES string of the molecule is Cc1cc(C)c(N2CC(C(=O)N(C)CC(=O)O)CC2=O)c(C)c1. The number of hydrogen-bond donors (Lipinski definition) is 1. The summed E-state index contributed by atoms with van der Waals surface area (Å²) in [6.07, 6.45) is 0.121. The minimum Gasteiger partial charge on any atom is -0.480 e. The highest BCUT2D eigenvalue weighted by Gasteiger charge is 2.37. The van der Waals surface area contributed by atoms with E-state index in [9.17, 15) is 14.4 Å². The van der Waals surface area contributed by atoms with Crippen LogP contribution in [-0.2, 0) is 14.4 Å². The third-order valence-electron chi connectivity index (χ3n) is 4.13. The molecule has 1 atom stereocenters. The van der Waals surface area contributed by atoms with Gasteiger partial charge in [0.15, 0.2) is 0 Å². The average Bonchev–Trinajstić information content (AvgIpc) is 2.78. The number of anilines is 1. The van der Waals surface area contributed by atoms with Crippen molar-refractivity contribution in [3.63, 3.8) is 0 Å². The molecule has 0 saturated carbocycles. The van der Waals surface area contributed by atoms with E-state index < -0.39 is 11.9 Å². The molecule has 0 radical (unpaired) electrons. The van der Waals surface area contributed by atoms with Crippen LogP contribution in [0.2, 0.25) is 0 Å². The predicted molar refractivity (Wildman–Crippen MR) is 86.4 cm³/mol. The molecule has 1 unspecified atom stereocenters. The van der Waals surface area contributed by atoms with Gasteiger partial charge in [0, 0.05) is 25.7 Å². The van der Waals surface area contributed by atoms with Crippen LogP contribution in [0.1, 0.15) is 23.1 Å². The number of benzene rings is 1. The maximum Gasteiger partial charge on any atom is 0.323 e. The van der Waals surface area contributed by atoms with Gasteiger partial charge in [0.1, 0.15) is 6.54 Å². The molecular weight excluding hydrogens is 296 g/mol. The summed E-state index contributed by atoms with van der Waals surface area (Å²) in [6, 6.07) is 4.03. The first kappa shape index (κ1) is 17.0. The zero-order chi connectivity index (χ0) is 17.3. The number of carboxylic acid groups (broad SMARTS) is 1. The molecule has 6 nitrogen and oxygen atoms in total. The van der Waals surface area contributed by atoms with Crippen LogP contribution in [0.25, 0.3) is 0 Å². The Morgan fingerprint density at radius 2 is 1.83 bits per heavy atom. The van der Waals surface area contributed by atoms with Gasteiger partial charge in [-0.2, -0.15) is 0 Å². The minimum atomic E-state index is -1.06. The van der Waals surface area contributed by atoms with Crippen molar-refractivity contribution in [3.8, 4) is 0 Å². The largest absolute Gasteiger partial charge is 0.480 e. The van der Waals surface area contributed by atoms with E-state index in [-0.39, 0.29) is 24.8 Å². The van der Waals surface area contributed by atoms with Crippen molar-refractivity contribution in [2.75, 3.05) is 25.0 Å². The lowest BCUT2D eigenvalue weighted by molar-refractivity contribution is -0.145. The normalized spacial score (nSPS) is 17.5. The van der Waals surface area contributed by atoms with Crippen molar-refractivity contribution < 1.29 is 19.5 Å². The van der Waals surface area contributed by atoms with Crippen LogP contribution in [0.15, 0.2) is 12.1 Å². The number of rotatable bonds is 4. The van der Waals surface area contributed by atoms with Crippen molar-refractivity contribution in [1.82, 2.24) is 4.90 Å². The molecule has 0 bridgehead atoms. The fourth-order valence-corrected chi connectivity index (χ4v) is 3.28. The minimum absolute atomic E-state index is 0.0953. The van der Waals surface area contributed by atoms with Crippen LogP contribution in [0.5, 0.6) is 0 Å². The molecule has 0 aromatic heterocycles. The van der Waals surface area contributed by atoms with Crippen molar-refractivity contribution in [1.29, 1.82) is 0 Å². The molecule has 1 fully saturated rings. The molecule has 1 aliphatic heterocycles. The van der Waals surface area contributed by atoms with Gasteiger partial charge in [0.25, 0.3) is 0 Å². The molecule has 1 aromatic carbocycles. The maximum absolute atomic E-state index is 12.4. The van der Waals surface area contributed by atoms with Crippen LogP contribution < -0.4 is 4.90 Å². The average molecular weight is 318 g/mol. The lowest BCUT2D eigenvalue weighted by atomic mass is 10.0. The Kier molecular flexibility index (Phi) is 4.73. The Balaban J connectivity index is 2.21. The number of carbonyl (C=O) groups excluding carboxylic acids is 2. The number of amides is 2. The Bertz CT molecular complexity index is 646. The van der Waals surface area contributed by atoms with E-state index in [0.29, 0.717) is 6.54 Å². The molecule has 0 spiro atoms. The number of carbonyl (C=O) groups is 3. The summed E-state index contributed by atoms with van der Waals surface area (Å²) >= 11 is 0. The molecule has 23 heavy (non-hydrogen) atoms. The summed E-state index contributed by atoms with van der Waals surface area (Å²) in [4.78, 5) is 38.2. The molecule has 0 aliphatic carbocycles. The van der Waals surface area contributed by atoms with Crippen LogP contribution in [0, 0.1) is 26.7 Å². The number of carboxylic acids is 1. The van der Waals surface area contributed by atoms with Gasteiger partial charge in [-0.3, -0.25) is 14.4 Å². The van der Waals surface area contributed by atoms with E-state index in [1.54, 1.807) is 4.90 Å². The summed E-state index contributed by atoms with van der Waals surface area (Å²) in [5.74, 6) is -1.95. The summed E-state index contributed by atoms with van der Waals surface area (Å²) < 4.78 is 0. The van der Waals surface area contributed by atoms with Gasteiger partial charge in [-0.25, -0.2) is 0 Å². The lowest BCUT2D eigenvalue weighted by Gasteiger charge is -2.23. The van der Waals surface area contributed by atoms with Crippen LogP contribution >= 0.6 is 0 Å². The summed E-state index contributed by atoms with van der Waals surface area (Å²) in [5.41, 5.74) is 3.99. The monoisotopic (exact) mass is 318 g/mol. The second kappa shape index (κ2) is 6.40. The molecule has 1 heterocycles. The van der Waals surface area contributed by atoms with Gasteiger partial charge in [0.05, 0.1) is 5.92 Å². The Labute approximate surface area is 135 Å². The third-order valence-corrected chi connectivity index (χ3v) is 4.13. The molecule has 2 amide bonds. The van der Waals surface area contributed by atoms with Crippen molar-refractivity contribution >= 4 is 23.5 Å². The number of likely N-dealkylation sites (N-methyl/N-ethyl adjacent to an activating group) is 1. The lowest BCUT2D eigenvalue weighted by Crippen LogP contribution is -2.37. The summed E-state index contributed by atoms with van der Waals surface area (Å²) in [7, 11) is 1.45. The predicted octanol–water partition coefficient (Wildman–Crippen LogP) is 1.51. The van der Waals surface area contributed by atoms with Gasteiger partial charge in [-0.05, 0) is 31.9 Å². The molecule has 1 aliphatic rings.